The molecule has 1 N–H and O–H groups in total. The first kappa shape index (κ1) is 19.2. The standard InChI is InChI=1S/C21H32N2O3/c1-16-6-4-5-13-23(16)14-15-26-19-11-9-18(10-12-19)22-20(24)21(2,25-3)17-7-8-17/h9-12,16-17H,4-8,13-15H2,1-3H3,(H,22,24)/t16-,21-/m1/s1. The molecule has 0 bridgehead atoms. The number of amides is 1. The summed E-state index contributed by atoms with van der Waals surface area (Å²) in [5.74, 6) is 1.09. The van der Waals surface area contributed by atoms with Crippen LogP contribution in [0.5, 0.6) is 5.75 Å². The summed E-state index contributed by atoms with van der Waals surface area (Å²) in [5.41, 5.74) is 0.0382. The highest BCUT2D eigenvalue weighted by atomic mass is 16.5. The topological polar surface area (TPSA) is 50.8 Å². The number of likely N-dealkylation sites (tertiary alicyclic amines) is 1. The average Bonchev–Trinajstić information content (AvgIpc) is 3.49. The van der Waals surface area contributed by atoms with Crippen molar-refractivity contribution in [3.05, 3.63) is 24.3 Å². The normalized spacial score (nSPS) is 23.3. The Morgan fingerprint density at radius 3 is 2.58 bits per heavy atom. The van der Waals surface area contributed by atoms with Crippen LogP contribution >= 0.6 is 0 Å². The Bertz CT molecular complexity index is 600. The van der Waals surface area contributed by atoms with Crippen LogP contribution in [-0.4, -0.2) is 49.3 Å². The van der Waals surface area contributed by atoms with Gasteiger partial charge in [-0.25, -0.2) is 0 Å². The first-order valence-electron chi connectivity index (χ1n) is 9.86. The Morgan fingerprint density at radius 2 is 1.96 bits per heavy atom. The van der Waals surface area contributed by atoms with Gasteiger partial charge in [0.2, 0.25) is 0 Å². The number of hydrogen-bond acceptors (Lipinski definition) is 4. The molecule has 1 saturated heterocycles. The van der Waals surface area contributed by atoms with E-state index in [1.54, 1.807) is 7.11 Å². The second-order valence-corrected chi connectivity index (χ2v) is 7.79. The van der Waals surface area contributed by atoms with E-state index in [1.165, 1.54) is 25.8 Å². The van der Waals surface area contributed by atoms with Crippen molar-refractivity contribution in [1.82, 2.24) is 4.90 Å². The van der Waals surface area contributed by atoms with E-state index < -0.39 is 5.60 Å². The van der Waals surface area contributed by atoms with Crippen molar-refractivity contribution in [3.63, 3.8) is 0 Å². The quantitative estimate of drug-likeness (QED) is 0.768. The predicted molar refractivity (Wildman–Crippen MR) is 104 cm³/mol. The molecule has 2 fully saturated rings. The van der Waals surface area contributed by atoms with Crippen LogP contribution in [0.2, 0.25) is 0 Å². The van der Waals surface area contributed by atoms with Gasteiger partial charge in [0.15, 0.2) is 0 Å². The summed E-state index contributed by atoms with van der Waals surface area (Å²) in [6, 6.07) is 8.26. The molecule has 5 nitrogen and oxygen atoms in total. The van der Waals surface area contributed by atoms with Gasteiger partial charge in [-0.15, -0.1) is 0 Å². The summed E-state index contributed by atoms with van der Waals surface area (Å²) in [5, 5.41) is 2.97. The van der Waals surface area contributed by atoms with Crippen LogP contribution in [0.4, 0.5) is 5.69 Å². The number of nitrogens with one attached hydrogen (secondary N) is 1. The van der Waals surface area contributed by atoms with Crippen LogP contribution in [0, 0.1) is 5.92 Å². The van der Waals surface area contributed by atoms with Crippen molar-refractivity contribution in [2.24, 2.45) is 5.92 Å². The average molecular weight is 360 g/mol. The highest BCUT2D eigenvalue weighted by molar-refractivity contribution is 5.97. The fourth-order valence-corrected chi connectivity index (χ4v) is 3.74. The Balaban J connectivity index is 1.46. The van der Waals surface area contributed by atoms with E-state index in [4.69, 9.17) is 9.47 Å². The molecule has 2 atom stereocenters. The molecule has 0 unspecified atom stereocenters. The summed E-state index contributed by atoms with van der Waals surface area (Å²) in [6.45, 7) is 7.01. The van der Waals surface area contributed by atoms with Crippen LogP contribution in [0.1, 0.15) is 46.0 Å². The lowest BCUT2D eigenvalue weighted by atomic mass is 9.99. The molecular formula is C21H32N2O3. The zero-order valence-corrected chi connectivity index (χ0v) is 16.3. The smallest absolute Gasteiger partial charge is 0.256 e. The van der Waals surface area contributed by atoms with Crippen molar-refractivity contribution in [2.75, 3.05) is 32.1 Å². The predicted octanol–water partition coefficient (Wildman–Crippen LogP) is 3.69. The van der Waals surface area contributed by atoms with Gasteiger partial charge >= 0.3 is 0 Å². The number of carbonyl (C=O) groups excluding carboxylic acids is 1. The number of piperidine rings is 1. The molecular weight excluding hydrogens is 328 g/mol. The molecule has 2 aliphatic rings. The molecule has 26 heavy (non-hydrogen) atoms. The Hall–Kier alpha value is -1.59. The molecule has 1 heterocycles. The third-order valence-electron chi connectivity index (χ3n) is 5.93. The number of nitrogens with zero attached hydrogens (tertiary/aromatic N) is 1. The summed E-state index contributed by atoms with van der Waals surface area (Å²) in [6.07, 6.45) is 6.03. The minimum absolute atomic E-state index is 0.0738. The minimum Gasteiger partial charge on any atom is -0.492 e. The lowest BCUT2D eigenvalue weighted by molar-refractivity contribution is -0.138. The first-order chi connectivity index (χ1) is 12.5. The third-order valence-corrected chi connectivity index (χ3v) is 5.93. The second kappa shape index (κ2) is 8.40. The highest BCUT2D eigenvalue weighted by Gasteiger charge is 2.47. The van der Waals surface area contributed by atoms with Gasteiger partial charge in [-0.1, -0.05) is 6.42 Å². The molecule has 0 spiro atoms. The zero-order valence-electron chi connectivity index (χ0n) is 16.3. The molecule has 1 aliphatic heterocycles. The lowest BCUT2D eigenvalue weighted by Crippen LogP contribution is -2.44. The molecule has 1 aromatic carbocycles. The fourth-order valence-electron chi connectivity index (χ4n) is 3.74. The molecule has 144 valence electrons. The van der Waals surface area contributed by atoms with E-state index in [1.807, 2.05) is 31.2 Å². The summed E-state index contributed by atoms with van der Waals surface area (Å²) >= 11 is 0. The van der Waals surface area contributed by atoms with Gasteiger partial charge in [-0.05, 0) is 76.3 Å². The van der Waals surface area contributed by atoms with Gasteiger partial charge in [-0.3, -0.25) is 9.69 Å². The van der Waals surface area contributed by atoms with Crippen molar-refractivity contribution in [1.29, 1.82) is 0 Å². The lowest BCUT2D eigenvalue weighted by Gasteiger charge is -2.33. The van der Waals surface area contributed by atoms with Crippen LogP contribution in [-0.2, 0) is 9.53 Å². The van der Waals surface area contributed by atoms with E-state index in [9.17, 15) is 4.79 Å². The number of anilines is 1. The zero-order chi connectivity index (χ0) is 18.6. The summed E-state index contributed by atoms with van der Waals surface area (Å²) < 4.78 is 11.4. The Kier molecular flexibility index (Phi) is 6.20. The number of rotatable bonds is 8. The van der Waals surface area contributed by atoms with E-state index in [0.717, 1.165) is 30.8 Å². The molecule has 5 heteroatoms. The largest absolute Gasteiger partial charge is 0.492 e. The summed E-state index contributed by atoms with van der Waals surface area (Å²) in [4.78, 5) is 15.0. The van der Waals surface area contributed by atoms with Crippen molar-refractivity contribution in [3.8, 4) is 5.75 Å². The maximum Gasteiger partial charge on any atom is 0.256 e. The SMILES string of the molecule is CO[C@@](C)(C(=O)Nc1ccc(OCCN2CCCC[C@H]2C)cc1)C1CC1. The summed E-state index contributed by atoms with van der Waals surface area (Å²) in [7, 11) is 1.61. The van der Waals surface area contributed by atoms with E-state index >= 15 is 0 Å². The van der Waals surface area contributed by atoms with Gasteiger partial charge in [-0.2, -0.15) is 0 Å². The monoisotopic (exact) mass is 360 g/mol. The van der Waals surface area contributed by atoms with E-state index in [-0.39, 0.29) is 5.91 Å². The molecule has 1 aliphatic carbocycles. The van der Waals surface area contributed by atoms with Crippen LogP contribution < -0.4 is 10.1 Å². The van der Waals surface area contributed by atoms with E-state index in [2.05, 4.69) is 17.1 Å². The molecule has 1 aromatic rings. The van der Waals surface area contributed by atoms with Crippen LogP contribution in [0.25, 0.3) is 0 Å². The number of carbonyl (C=O) groups is 1. The Morgan fingerprint density at radius 1 is 1.23 bits per heavy atom. The van der Waals surface area contributed by atoms with Crippen molar-refractivity contribution in [2.45, 2.75) is 57.6 Å². The molecule has 1 saturated carbocycles. The van der Waals surface area contributed by atoms with Gasteiger partial charge in [0, 0.05) is 25.4 Å². The van der Waals surface area contributed by atoms with Crippen LogP contribution in [0.15, 0.2) is 24.3 Å². The van der Waals surface area contributed by atoms with Gasteiger partial charge in [0.1, 0.15) is 18.0 Å². The number of hydrogen-bond donors (Lipinski definition) is 1. The Labute approximate surface area is 157 Å². The highest BCUT2D eigenvalue weighted by Crippen LogP contribution is 2.42. The van der Waals surface area contributed by atoms with Crippen LogP contribution in [0.3, 0.4) is 0 Å². The van der Waals surface area contributed by atoms with Crippen molar-refractivity contribution < 1.29 is 14.3 Å². The molecule has 1 amide bonds. The van der Waals surface area contributed by atoms with Gasteiger partial charge < -0.3 is 14.8 Å². The second-order valence-electron chi connectivity index (χ2n) is 7.79. The van der Waals surface area contributed by atoms with Gasteiger partial charge in [0.25, 0.3) is 5.91 Å². The minimum atomic E-state index is -0.736. The fraction of sp³-hybridized carbons (Fsp3) is 0.667. The number of ether oxygens (including phenoxy) is 2. The molecule has 0 aromatic heterocycles. The molecule has 0 radical (unpaired) electrons. The number of methoxy groups -OCH3 is 1. The van der Waals surface area contributed by atoms with E-state index in [0.29, 0.717) is 18.6 Å². The first-order valence-corrected chi connectivity index (χ1v) is 9.86. The maximum absolute atomic E-state index is 12.5. The van der Waals surface area contributed by atoms with Gasteiger partial charge in [0.05, 0.1) is 0 Å². The third kappa shape index (κ3) is 4.57. The molecule has 3 rings (SSSR count). The van der Waals surface area contributed by atoms with Crippen molar-refractivity contribution >= 4 is 11.6 Å². The number of benzene rings is 1. The maximum atomic E-state index is 12.5.